The molecular weight excluding hydrogens is 394 g/mol. The van der Waals surface area contributed by atoms with E-state index in [0.29, 0.717) is 10.8 Å². The van der Waals surface area contributed by atoms with Gasteiger partial charge >= 0.3 is 5.97 Å². The Morgan fingerprint density at radius 1 is 1.03 bits per heavy atom. The summed E-state index contributed by atoms with van der Waals surface area (Å²) < 4.78 is 5.12. The third kappa shape index (κ3) is 5.17. The van der Waals surface area contributed by atoms with Gasteiger partial charge in [-0.25, -0.2) is 9.78 Å². The molecule has 0 aliphatic carbocycles. The standard InChI is InChI=1S/C20H17N3O5S/c1-28-13-8-6-12(7-9-13)16-11-29-20(22-16)23-18(25)10-17(24)21-15-5-3-2-4-14(15)19(26)27/h2-9,11H,10H2,1H3,(H,21,24)(H,26,27)(H,22,23,25). The van der Waals surface area contributed by atoms with E-state index in [9.17, 15) is 14.4 Å². The third-order valence-corrected chi connectivity index (χ3v) is 4.65. The van der Waals surface area contributed by atoms with Crippen LogP contribution in [0.5, 0.6) is 5.75 Å². The number of para-hydroxylation sites is 1. The molecule has 0 unspecified atom stereocenters. The number of benzene rings is 2. The molecule has 0 aliphatic heterocycles. The lowest BCUT2D eigenvalue weighted by molar-refractivity contribution is -0.123. The molecule has 148 valence electrons. The molecule has 0 aliphatic rings. The van der Waals surface area contributed by atoms with Gasteiger partial charge in [-0.3, -0.25) is 9.59 Å². The van der Waals surface area contributed by atoms with Gasteiger partial charge in [0.2, 0.25) is 11.8 Å². The molecule has 3 aromatic rings. The molecule has 0 spiro atoms. The number of thiazole rings is 1. The molecule has 0 bridgehead atoms. The predicted molar refractivity (Wildman–Crippen MR) is 109 cm³/mol. The van der Waals surface area contributed by atoms with Crippen molar-refractivity contribution in [2.45, 2.75) is 6.42 Å². The van der Waals surface area contributed by atoms with Crippen LogP contribution in [0.4, 0.5) is 10.8 Å². The summed E-state index contributed by atoms with van der Waals surface area (Å²) in [5.41, 5.74) is 1.64. The molecule has 0 radical (unpaired) electrons. The summed E-state index contributed by atoms with van der Waals surface area (Å²) in [6.07, 6.45) is -0.467. The summed E-state index contributed by atoms with van der Waals surface area (Å²) in [4.78, 5) is 39.7. The minimum atomic E-state index is -1.17. The van der Waals surface area contributed by atoms with Crippen molar-refractivity contribution in [3.05, 3.63) is 59.5 Å². The SMILES string of the molecule is COc1ccc(-c2csc(NC(=O)CC(=O)Nc3ccccc3C(=O)O)n2)cc1. The molecular formula is C20H17N3O5S. The summed E-state index contributed by atoms with van der Waals surface area (Å²) in [5, 5.41) is 16.3. The summed E-state index contributed by atoms with van der Waals surface area (Å²) in [6, 6.07) is 13.3. The molecule has 29 heavy (non-hydrogen) atoms. The van der Waals surface area contributed by atoms with E-state index in [1.807, 2.05) is 24.3 Å². The second-order valence-corrected chi connectivity index (χ2v) is 6.75. The van der Waals surface area contributed by atoms with E-state index in [-0.39, 0.29) is 11.3 Å². The van der Waals surface area contributed by atoms with Crippen molar-refractivity contribution < 1.29 is 24.2 Å². The number of carboxylic acids is 1. The van der Waals surface area contributed by atoms with Gasteiger partial charge in [0, 0.05) is 10.9 Å². The number of hydrogen-bond donors (Lipinski definition) is 3. The summed E-state index contributed by atoms with van der Waals surface area (Å²) in [6.45, 7) is 0. The Hall–Kier alpha value is -3.72. The number of hydrogen-bond acceptors (Lipinski definition) is 6. The summed E-state index contributed by atoms with van der Waals surface area (Å²) in [7, 11) is 1.59. The Kier molecular flexibility index (Phi) is 6.20. The lowest BCUT2D eigenvalue weighted by Gasteiger charge is -2.08. The van der Waals surface area contributed by atoms with Crippen LogP contribution in [0, 0.1) is 0 Å². The first kappa shape index (κ1) is 20.0. The van der Waals surface area contributed by atoms with Crippen molar-refractivity contribution in [3.63, 3.8) is 0 Å². The van der Waals surface area contributed by atoms with E-state index in [1.165, 1.54) is 23.5 Å². The first-order valence-corrected chi connectivity index (χ1v) is 9.36. The second kappa shape index (κ2) is 8.98. The molecule has 1 aromatic heterocycles. The maximum atomic E-state index is 12.1. The molecule has 2 amide bonds. The highest BCUT2D eigenvalue weighted by atomic mass is 32.1. The van der Waals surface area contributed by atoms with Crippen LogP contribution in [0.25, 0.3) is 11.3 Å². The summed E-state index contributed by atoms with van der Waals surface area (Å²) in [5.74, 6) is -1.61. The Bertz CT molecular complexity index is 1050. The van der Waals surface area contributed by atoms with Crippen molar-refractivity contribution in [2.24, 2.45) is 0 Å². The van der Waals surface area contributed by atoms with Crippen molar-refractivity contribution in [2.75, 3.05) is 17.7 Å². The molecule has 8 nitrogen and oxygen atoms in total. The molecule has 1 heterocycles. The Balaban J connectivity index is 1.59. The van der Waals surface area contributed by atoms with Gasteiger partial charge in [-0.1, -0.05) is 12.1 Å². The predicted octanol–water partition coefficient (Wildman–Crippen LogP) is 3.48. The number of carboxylic acid groups (broad SMARTS) is 1. The lowest BCUT2D eigenvalue weighted by Crippen LogP contribution is -2.22. The van der Waals surface area contributed by atoms with Gasteiger partial charge in [0.15, 0.2) is 5.13 Å². The first-order chi connectivity index (χ1) is 14.0. The van der Waals surface area contributed by atoms with Crippen LogP contribution in [0.3, 0.4) is 0 Å². The molecule has 9 heteroatoms. The van der Waals surface area contributed by atoms with Crippen LogP contribution >= 0.6 is 11.3 Å². The number of methoxy groups -OCH3 is 1. The van der Waals surface area contributed by atoms with Crippen LogP contribution in [-0.4, -0.2) is 35.0 Å². The molecule has 0 fully saturated rings. The maximum absolute atomic E-state index is 12.1. The number of nitrogens with zero attached hydrogens (tertiary/aromatic N) is 1. The van der Waals surface area contributed by atoms with Crippen molar-refractivity contribution in [3.8, 4) is 17.0 Å². The number of anilines is 2. The molecule has 0 saturated carbocycles. The van der Waals surface area contributed by atoms with Crippen LogP contribution in [-0.2, 0) is 9.59 Å². The van der Waals surface area contributed by atoms with E-state index in [2.05, 4.69) is 15.6 Å². The number of rotatable bonds is 7. The minimum Gasteiger partial charge on any atom is -0.497 e. The highest BCUT2D eigenvalue weighted by Crippen LogP contribution is 2.26. The monoisotopic (exact) mass is 411 g/mol. The molecule has 0 atom stereocenters. The fraction of sp³-hybridized carbons (Fsp3) is 0.100. The van der Waals surface area contributed by atoms with E-state index in [4.69, 9.17) is 9.84 Å². The van der Waals surface area contributed by atoms with Gasteiger partial charge in [-0.05, 0) is 36.4 Å². The Morgan fingerprint density at radius 3 is 2.41 bits per heavy atom. The topological polar surface area (TPSA) is 118 Å². The van der Waals surface area contributed by atoms with Crippen LogP contribution < -0.4 is 15.4 Å². The molecule has 2 aromatic carbocycles. The smallest absolute Gasteiger partial charge is 0.337 e. The molecule has 3 rings (SSSR count). The normalized spacial score (nSPS) is 10.2. The van der Waals surface area contributed by atoms with Crippen molar-refractivity contribution in [1.29, 1.82) is 0 Å². The molecule has 0 saturated heterocycles. The van der Waals surface area contributed by atoms with Crippen LogP contribution in [0.15, 0.2) is 53.9 Å². The number of aromatic carboxylic acids is 1. The minimum absolute atomic E-state index is 0.0506. The lowest BCUT2D eigenvalue weighted by atomic mass is 10.2. The van der Waals surface area contributed by atoms with Crippen molar-refractivity contribution in [1.82, 2.24) is 4.98 Å². The zero-order valence-corrected chi connectivity index (χ0v) is 16.2. The average molecular weight is 411 g/mol. The van der Waals surface area contributed by atoms with E-state index >= 15 is 0 Å². The summed E-state index contributed by atoms with van der Waals surface area (Å²) >= 11 is 1.24. The van der Waals surface area contributed by atoms with Gasteiger partial charge in [0.05, 0.1) is 24.1 Å². The van der Waals surface area contributed by atoms with E-state index < -0.39 is 24.2 Å². The third-order valence-electron chi connectivity index (χ3n) is 3.89. The zero-order valence-electron chi connectivity index (χ0n) is 15.3. The van der Waals surface area contributed by atoms with E-state index in [0.717, 1.165) is 11.3 Å². The number of carbonyl (C=O) groups excluding carboxylic acids is 2. The van der Waals surface area contributed by atoms with Gasteiger partial charge < -0.3 is 20.5 Å². The maximum Gasteiger partial charge on any atom is 0.337 e. The fourth-order valence-electron chi connectivity index (χ4n) is 2.51. The first-order valence-electron chi connectivity index (χ1n) is 8.48. The second-order valence-electron chi connectivity index (χ2n) is 5.89. The molecule has 3 N–H and O–H groups in total. The number of nitrogens with one attached hydrogen (secondary N) is 2. The van der Waals surface area contributed by atoms with Crippen LogP contribution in [0.2, 0.25) is 0 Å². The highest BCUT2D eigenvalue weighted by Gasteiger charge is 2.15. The highest BCUT2D eigenvalue weighted by molar-refractivity contribution is 7.14. The quantitative estimate of drug-likeness (QED) is 0.512. The number of aromatic nitrogens is 1. The average Bonchev–Trinajstić information content (AvgIpc) is 3.16. The van der Waals surface area contributed by atoms with Crippen LogP contribution in [0.1, 0.15) is 16.8 Å². The number of ether oxygens (including phenoxy) is 1. The fourth-order valence-corrected chi connectivity index (χ4v) is 3.24. The number of carbonyl (C=O) groups is 3. The van der Waals surface area contributed by atoms with E-state index in [1.54, 1.807) is 24.6 Å². The zero-order chi connectivity index (χ0) is 20.8. The Morgan fingerprint density at radius 2 is 1.72 bits per heavy atom. The van der Waals surface area contributed by atoms with Crippen molar-refractivity contribution >= 4 is 39.9 Å². The largest absolute Gasteiger partial charge is 0.497 e. The van der Waals surface area contributed by atoms with Gasteiger partial charge in [0.25, 0.3) is 0 Å². The van der Waals surface area contributed by atoms with Gasteiger partial charge in [-0.2, -0.15) is 0 Å². The van der Waals surface area contributed by atoms with Gasteiger partial charge in [0.1, 0.15) is 12.2 Å². The van der Waals surface area contributed by atoms with Gasteiger partial charge in [-0.15, -0.1) is 11.3 Å². The Labute approximate surface area is 170 Å². The number of amides is 2.